The Morgan fingerprint density at radius 1 is 1.28 bits per heavy atom. The van der Waals surface area contributed by atoms with Crippen LogP contribution in [0.5, 0.6) is 0 Å². The van der Waals surface area contributed by atoms with Gasteiger partial charge in [0.25, 0.3) is 0 Å². The quantitative estimate of drug-likeness (QED) is 0.832. The molecule has 0 aliphatic heterocycles. The first kappa shape index (κ1) is 13.6. The summed E-state index contributed by atoms with van der Waals surface area (Å²) < 4.78 is 2.02. The normalized spacial score (nSPS) is 20.0. The summed E-state index contributed by atoms with van der Waals surface area (Å²) in [5, 5.41) is 4.60. The summed E-state index contributed by atoms with van der Waals surface area (Å²) in [6, 6.07) is 2.85. The van der Waals surface area contributed by atoms with Gasteiger partial charge < -0.3 is 5.73 Å². The Morgan fingerprint density at radius 2 is 1.94 bits per heavy atom. The van der Waals surface area contributed by atoms with Crippen molar-refractivity contribution in [1.82, 2.24) is 9.78 Å². The zero-order valence-electron chi connectivity index (χ0n) is 11.8. The Morgan fingerprint density at radius 3 is 2.50 bits per heavy atom. The molecule has 18 heavy (non-hydrogen) atoms. The van der Waals surface area contributed by atoms with Gasteiger partial charge in [-0.3, -0.25) is 4.68 Å². The molecule has 1 saturated carbocycles. The van der Waals surface area contributed by atoms with Crippen molar-refractivity contribution in [1.29, 1.82) is 0 Å². The monoisotopic (exact) mass is 249 g/mol. The van der Waals surface area contributed by atoms with Gasteiger partial charge in [-0.15, -0.1) is 0 Å². The molecule has 0 saturated heterocycles. The second-order valence-electron chi connectivity index (χ2n) is 6.00. The number of nitrogens with zero attached hydrogens (tertiary/aromatic N) is 2. The van der Waals surface area contributed by atoms with E-state index in [-0.39, 0.29) is 0 Å². The predicted molar refractivity (Wildman–Crippen MR) is 75.5 cm³/mol. The van der Waals surface area contributed by atoms with Crippen LogP contribution in [-0.4, -0.2) is 15.8 Å². The van der Waals surface area contributed by atoms with Crippen LogP contribution in [0.25, 0.3) is 0 Å². The molecule has 0 spiro atoms. The predicted octanol–water partition coefficient (Wildman–Crippen LogP) is 3.30. The number of nitrogens with two attached hydrogens (primary N) is 1. The Bertz CT molecular complexity index is 348. The highest BCUT2D eigenvalue weighted by molar-refractivity contribution is 5.02. The number of rotatable bonds is 4. The smallest absolute Gasteiger partial charge is 0.0640 e. The van der Waals surface area contributed by atoms with E-state index in [0.29, 0.717) is 18.0 Å². The van der Waals surface area contributed by atoms with Crippen molar-refractivity contribution in [3.63, 3.8) is 0 Å². The summed E-state index contributed by atoms with van der Waals surface area (Å²) in [4.78, 5) is 0. The molecule has 2 rings (SSSR count). The number of hydrogen-bond acceptors (Lipinski definition) is 2. The van der Waals surface area contributed by atoms with Crippen molar-refractivity contribution < 1.29 is 0 Å². The lowest BCUT2D eigenvalue weighted by molar-refractivity contribution is 0.369. The second-order valence-corrected chi connectivity index (χ2v) is 6.00. The minimum atomic E-state index is 0.290. The average molecular weight is 249 g/mol. The fourth-order valence-corrected chi connectivity index (χ4v) is 2.92. The van der Waals surface area contributed by atoms with Crippen molar-refractivity contribution in [2.75, 3.05) is 0 Å². The van der Waals surface area contributed by atoms with Crippen LogP contribution in [-0.2, 0) is 6.42 Å². The van der Waals surface area contributed by atoms with E-state index >= 15 is 0 Å². The molecular formula is C15H27N3. The van der Waals surface area contributed by atoms with Gasteiger partial charge in [0.05, 0.1) is 5.69 Å². The van der Waals surface area contributed by atoms with Crippen LogP contribution in [0.2, 0.25) is 0 Å². The molecule has 1 fully saturated rings. The van der Waals surface area contributed by atoms with Crippen LogP contribution < -0.4 is 5.73 Å². The largest absolute Gasteiger partial charge is 0.327 e. The summed E-state index contributed by atoms with van der Waals surface area (Å²) in [7, 11) is 0. The van der Waals surface area contributed by atoms with E-state index in [9.17, 15) is 0 Å². The molecule has 1 heterocycles. The molecule has 102 valence electrons. The van der Waals surface area contributed by atoms with Crippen LogP contribution in [0, 0.1) is 5.92 Å². The first-order chi connectivity index (χ1) is 8.66. The highest BCUT2D eigenvalue weighted by Crippen LogP contribution is 2.26. The van der Waals surface area contributed by atoms with Gasteiger partial charge >= 0.3 is 0 Å². The molecule has 0 amide bonds. The van der Waals surface area contributed by atoms with Gasteiger partial charge in [0, 0.05) is 24.7 Å². The van der Waals surface area contributed by atoms with E-state index in [2.05, 4.69) is 31.2 Å². The van der Waals surface area contributed by atoms with Crippen LogP contribution in [0.3, 0.4) is 0 Å². The molecule has 3 heteroatoms. The lowest BCUT2D eigenvalue weighted by Gasteiger charge is -2.21. The molecule has 1 aromatic rings. The van der Waals surface area contributed by atoms with Crippen LogP contribution in [0.1, 0.15) is 64.1 Å². The summed E-state index contributed by atoms with van der Waals surface area (Å²) in [6.45, 7) is 4.31. The standard InChI is InChI=1S/C15H27N3/c1-12(2)18-10-9-14(17-18)11-15(16)13-7-5-3-4-6-8-13/h9-10,12-13,15H,3-8,11,16H2,1-2H3. The van der Waals surface area contributed by atoms with Gasteiger partial charge in [-0.2, -0.15) is 5.10 Å². The minimum Gasteiger partial charge on any atom is -0.327 e. The van der Waals surface area contributed by atoms with Gasteiger partial charge in [-0.1, -0.05) is 25.7 Å². The molecule has 0 radical (unpaired) electrons. The van der Waals surface area contributed by atoms with Gasteiger partial charge in [0.1, 0.15) is 0 Å². The SMILES string of the molecule is CC(C)n1ccc(CC(N)C2CCCCCC2)n1. The molecule has 1 aromatic heterocycles. The Balaban J connectivity index is 1.90. The van der Waals surface area contributed by atoms with Crippen LogP contribution >= 0.6 is 0 Å². The fourth-order valence-electron chi connectivity index (χ4n) is 2.92. The highest BCUT2D eigenvalue weighted by atomic mass is 15.3. The highest BCUT2D eigenvalue weighted by Gasteiger charge is 2.20. The van der Waals surface area contributed by atoms with E-state index in [0.717, 1.165) is 12.1 Å². The molecule has 0 bridgehead atoms. The number of aromatic nitrogens is 2. The molecular weight excluding hydrogens is 222 g/mol. The lowest BCUT2D eigenvalue weighted by atomic mass is 9.90. The molecule has 3 nitrogen and oxygen atoms in total. The summed E-state index contributed by atoms with van der Waals surface area (Å²) in [5.41, 5.74) is 7.54. The van der Waals surface area contributed by atoms with E-state index in [1.54, 1.807) is 0 Å². The van der Waals surface area contributed by atoms with Gasteiger partial charge in [-0.05, 0) is 38.7 Å². The van der Waals surface area contributed by atoms with Gasteiger partial charge in [0.2, 0.25) is 0 Å². The molecule has 1 aliphatic carbocycles. The van der Waals surface area contributed by atoms with Crippen LogP contribution in [0.15, 0.2) is 12.3 Å². The summed E-state index contributed by atoms with van der Waals surface area (Å²) in [5.74, 6) is 0.705. The maximum atomic E-state index is 6.39. The third-order valence-corrected chi connectivity index (χ3v) is 4.14. The van der Waals surface area contributed by atoms with E-state index < -0.39 is 0 Å². The van der Waals surface area contributed by atoms with E-state index in [1.807, 2.05) is 4.68 Å². The molecule has 1 atom stereocenters. The maximum Gasteiger partial charge on any atom is 0.0640 e. The zero-order chi connectivity index (χ0) is 13.0. The first-order valence-corrected chi connectivity index (χ1v) is 7.46. The maximum absolute atomic E-state index is 6.39. The van der Waals surface area contributed by atoms with Crippen molar-refractivity contribution >= 4 is 0 Å². The summed E-state index contributed by atoms with van der Waals surface area (Å²) in [6.07, 6.45) is 11.1. The molecule has 0 aromatic carbocycles. The third kappa shape index (κ3) is 3.58. The van der Waals surface area contributed by atoms with Crippen molar-refractivity contribution in [2.45, 2.75) is 70.9 Å². The first-order valence-electron chi connectivity index (χ1n) is 7.46. The summed E-state index contributed by atoms with van der Waals surface area (Å²) >= 11 is 0. The van der Waals surface area contributed by atoms with E-state index in [4.69, 9.17) is 5.73 Å². The van der Waals surface area contributed by atoms with Crippen LogP contribution in [0.4, 0.5) is 0 Å². The fraction of sp³-hybridized carbons (Fsp3) is 0.800. The van der Waals surface area contributed by atoms with Gasteiger partial charge in [-0.25, -0.2) is 0 Å². The van der Waals surface area contributed by atoms with Gasteiger partial charge in [0.15, 0.2) is 0 Å². The second kappa shape index (κ2) is 6.37. The average Bonchev–Trinajstić information content (AvgIpc) is 2.64. The Kier molecular flexibility index (Phi) is 4.81. The molecule has 1 unspecified atom stereocenters. The molecule has 2 N–H and O–H groups in total. The van der Waals surface area contributed by atoms with Crippen molar-refractivity contribution in [3.8, 4) is 0 Å². The third-order valence-electron chi connectivity index (χ3n) is 4.14. The Hall–Kier alpha value is -0.830. The molecule has 1 aliphatic rings. The minimum absolute atomic E-state index is 0.290. The topological polar surface area (TPSA) is 43.8 Å². The Labute approximate surface area is 111 Å². The lowest BCUT2D eigenvalue weighted by Crippen LogP contribution is -2.32. The van der Waals surface area contributed by atoms with Crippen molar-refractivity contribution in [2.24, 2.45) is 11.7 Å². The zero-order valence-corrected chi connectivity index (χ0v) is 11.8. The van der Waals surface area contributed by atoms with Crippen molar-refractivity contribution in [3.05, 3.63) is 18.0 Å². The number of hydrogen-bond donors (Lipinski definition) is 1. The van der Waals surface area contributed by atoms with E-state index in [1.165, 1.54) is 38.5 Å².